The van der Waals surface area contributed by atoms with Crippen molar-refractivity contribution in [2.45, 2.75) is 38.8 Å². The van der Waals surface area contributed by atoms with Crippen LogP contribution in [0.1, 0.15) is 35.7 Å². The van der Waals surface area contributed by atoms with Crippen molar-refractivity contribution in [3.63, 3.8) is 0 Å². The Morgan fingerprint density at radius 1 is 1.50 bits per heavy atom. The summed E-state index contributed by atoms with van der Waals surface area (Å²) in [5.74, 6) is -0.00481. The van der Waals surface area contributed by atoms with Gasteiger partial charge < -0.3 is 10.1 Å². The molecule has 0 spiro atoms. The molecule has 98 valence electrons. The highest BCUT2D eigenvalue weighted by atomic mass is 79.9. The maximum atomic E-state index is 12.1. The van der Waals surface area contributed by atoms with Crippen molar-refractivity contribution in [3.05, 3.63) is 33.8 Å². The summed E-state index contributed by atoms with van der Waals surface area (Å²) in [6, 6.07) is 5.90. The smallest absolute Gasteiger partial charge is 0.251 e. The van der Waals surface area contributed by atoms with E-state index >= 15 is 0 Å². The van der Waals surface area contributed by atoms with Crippen LogP contribution in [0.5, 0.6) is 0 Å². The van der Waals surface area contributed by atoms with Crippen LogP contribution in [0.2, 0.25) is 0 Å². The quantitative estimate of drug-likeness (QED) is 0.911. The Balaban J connectivity index is 2.00. The van der Waals surface area contributed by atoms with Gasteiger partial charge >= 0.3 is 0 Å². The number of benzene rings is 1. The van der Waals surface area contributed by atoms with E-state index in [1.54, 1.807) is 0 Å². The van der Waals surface area contributed by atoms with Gasteiger partial charge in [-0.05, 0) is 44.4 Å². The van der Waals surface area contributed by atoms with Gasteiger partial charge in [0.15, 0.2) is 0 Å². The maximum Gasteiger partial charge on any atom is 0.251 e. The normalized spacial score (nSPS) is 23.7. The van der Waals surface area contributed by atoms with E-state index in [4.69, 9.17) is 4.74 Å². The second-order valence-corrected chi connectivity index (χ2v) is 5.69. The minimum atomic E-state index is -0.00481. The summed E-state index contributed by atoms with van der Waals surface area (Å²) in [5, 5.41) is 3.07. The van der Waals surface area contributed by atoms with Crippen LogP contribution >= 0.6 is 15.9 Å². The Morgan fingerprint density at radius 3 is 2.94 bits per heavy atom. The molecule has 1 aromatic rings. The molecule has 1 amide bonds. The molecule has 1 heterocycles. The summed E-state index contributed by atoms with van der Waals surface area (Å²) in [6.45, 7) is 4.77. The van der Waals surface area contributed by atoms with Crippen molar-refractivity contribution in [2.24, 2.45) is 0 Å². The summed E-state index contributed by atoms with van der Waals surface area (Å²) in [4.78, 5) is 12.1. The highest BCUT2D eigenvalue weighted by Gasteiger charge is 2.21. The summed E-state index contributed by atoms with van der Waals surface area (Å²) in [7, 11) is 0. The van der Waals surface area contributed by atoms with Gasteiger partial charge in [-0.3, -0.25) is 4.79 Å². The van der Waals surface area contributed by atoms with Crippen molar-refractivity contribution in [3.8, 4) is 0 Å². The van der Waals surface area contributed by atoms with Gasteiger partial charge in [-0.2, -0.15) is 0 Å². The molecule has 4 heteroatoms. The maximum absolute atomic E-state index is 12.1. The Bertz CT molecular complexity index is 447. The third-order valence-corrected chi connectivity index (χ3v) is 4.11. The largest absolute Gasteiger partial charge is 0.378 e. The first-order valence-corrected chi connectivity index (χ1v) is 7.04. The molecule has 18 heavy (non-hydrogen) atoms. The molecular formula is C14H18BrNO2. The monoisotopic (exact) mass is 311 g/mol. The van der Waals surface area contributed by atoms with E-state index in [1.807, 2.05) is 32.0 Å². The number of aryl methyl sites for hydroxylation is 1. The third-order valence-electron chi connectivity index (χ3n) is 3.25. The fourth-order valence-corrected chi connectivity index (χ4v) is 2.51. The molecule has 1 saturated heterocycles. The standard InChI is InChI=1S/C14H18BrNO2/c1-9-3-4-11(8-13(9)15)14(17)16-12-5-6-18-10(2)7-12/h3-4,8,10,12H,5-7H2,1-2H3,(H,16,17). The average molecular weight is 312 g/mol. The fraction of sp³-hybridized carbons (Fsp3) is 0.500. The van der Waals surface area contributed by atoms with E-state index in [1.165, 1.54) is 0 Å². The van der Waals surface area contributed by atoms with Crippen LogP contribution in [0.25, 0.3) is 0 Å². The number of nitrogens with one attached hydrogen (secondary N) is 1. The minimum absolute atomic E-state index is 0.00481. The van der Waals surface area contributed by atoms with E-state index in [0.29, 0.717) is 5.56 Å². The number of ether oxygens (including phenoxy) is 1. The molecule has 0 aromatic heterocycles. The summed E-state index contributed by atoms with van der Waals surface area (Å²) >= 11 is 3.45. The first-order valence-electron chi connectivity index (χ1n) is 6.25. The van der Waals surface area contributed by atoms with Crippen LogP contribution in [-0.4, -0.2) is 24.7 Å². The number of hydrogen-bond donors (Lipinski definition) is 1. The molecule has 3 nitrogen and oxygen atoms in total. The number of halogens is 1. The van der Waals surface area contributed by atoms with E-state index in [2.05, 4.69) is 21.2 Å². The van der Waals surface area contributed by atoms with Crippen LogP contribution in [0, 0.1) is 6.92 Å². The zero-order chi connectivity index (χ0) is 13.1. The minimum Gasteiger partial charge on any atom is -0.378 e. The Hall–Kier alpha value is -0.870. The molecule has 0 saturated carbocycles. The highest BCUT2D eigenvalue weighted by Crippen LogP contribution is 2.18. The number of amides is 1. The molecule has 2 unspecified atom stereocenters. The molecular weight excluding hydrogens is 294 g/mol. The molecule has 2 atom stereocenters. The zero-order valence-electron chi connectivity index (χ0n) is 10.7. The molecule has 0 radical (unpaired) electrons. The van der Waals surface area contributed by atoms with Crippen molar-refractivity contribution in [1.29, 1.82) is 0 Å². The number of carbonyl (C=O) groups excluding carboxylic acids is 1. The van der Waals surface area contributed by atoms with Crippen LogP contribution < -0.4 is 5.32 Å². The second-order valence-electron chi connectivity index (χ2n) is 4.84. The van der Waals surface area contributed by atoms with E-state index in [-0.39, 0.29) is 18.1 Å². The third kappa shape index (κ3) is 3.33. The molecule has 1 aromatic carbocycles. The van der Waals surface area contributed by atoms with Gasteiger partial charge in [0.1, 0.15) is 0 Å². The molecule has 0 bridgehead atoms. The first-order chi connectivity index (χ1) is 8.56. The van der Waals surface area contributed by atoms with Crippen molar-refractivity contribution in [1.82, 2.24) is 5.32 Å². The van der Waals surface area contributed by atoms with Crippen LogP contribution in [0.3, 0.4) is 0 Å². The van der Waals surface area contributed by atoms with Gasteiger partial charge in [0.25, 0.3) is 5.91 Å². The lowest BCUT2D eigenvalue weighted by Crippen LogP contribution is -2.41. The Morgan fingerprint density at radius 2 is 2.28 bits per heavy atom. The van der Waals surface area contributed by atoms with Gasteiger partial charge in [0, 0.05) is 22.7 Å². The van der Waals surface area contributed by atoms with Gasteiger partial charge in [0.2, 0.25) is 0 Å². The average Bonchev–Trinajstić information content (AvgIpc) is 2.32. The van der Waals surface area contributed by atoms with Crippen molar-refractivity contribution >= 4 is 21.8 Å². The molecule has 2 rings (SSSR count). The SMILES string of the molecule is Cc1ccc(C(=O)NC2CCOC(C)C2)cc1Br. The zero-order valence-corrected chi connectivity index (χ0v) is 12.3. The van der Waals surface area contributed by atoms with E-state index in [9.17, 15) is 4.79 Å². The lowest BCUT2D eigenvalue weighted by molar-refractivity contribution is 0.0136. The van der Waals surface area contributed by atoms with Gasteiger partial charge in [-0.25, -0.2) is 0 Å². The summed E-state index contributed by atoms with van der Waals surface area (Å²) in [5.41, 5.74) is 1.83. The van der Waals surface area contributed by atoms with Crippen LogP contribution in [0.15, 0.2) is 22.7 Å². The topological polar surface area (TPSA) is 38.3 Å². The van der Waals surface area contributed by atoms with Crippen molar-refractivity contribution in [2.75, 3.05) is 6.61 Å². The Kier molecular flexibility index (Phi) is 4.40. The lowest BCUT2D eigenvalue weighted by Gasteiger charge is -2.28. The molecule has 1 aliphatic rings. The Labute approximate surface area is 116 Å². The number of carbonyl (C=O) groups is 1. The van der Waals surface area contributed by atoms with E-state index in [0.717, 1.165) is 29.5 Å². The molecule has 0 aliphatic carbocycles. The van der Waals surface area contributed by atoms with Gasteiger partial charge in [-0.15, -0.1) is 0 Å². The van der Waals surface area contributed by atoms with Gasteiger partial charge in [0.05, 0.1) is 6.10 Å². The fourth-order valence-electron chi connectivity index (χ4n) is 2.13. The number of rotatable bonds is 2. The lowest BCUT2D eigenvalue weighted by atomic mass is 10.0. The first kappa shape index (κ1) is 13.6. The molecule has 1 N–H and O–H groups in total. The van der Waals surface area contributed by atoms with Crippen LogP contribution in [-0.2, 0) is 4.74 Å². The second kappa shape index (κ2) is 5.85. The summed E-state index contributed by atoms with van der Waals surface area (Å²) in [6.07, 6.45) is 2.01. The predicted octanol–water partition coefficient (Wildman–Crippen LogP) is 3.05. The summed E-state index contributed by atoms with van der Waals surface area (Å²) < 4.78 is 6.44. The number of hydrogen-bond acceptors (Lipinski definition) is 2. The molecule has 1 fully saturated rings. The highest BCUT2D eigenvalue weighted by molar-refractivity contribution is 9.10. The predicted molar refractivity (Wildman–Crippen MR) is 74.8 cm³/mol. The van der Waals surface area contributed by atoms with E-state index < -0.39 is 0 Å². The van der Waals surface area contributed by atoms with Crippen molar-refractivity contribution < 1.29 is 9.53 Å². The van der Waals surface area contributed by atoms with Crippen LogP contribution in [0.4, 0.5) is 0 Å². The van der Waals surface area contributed by atoms with Gasteiger partial charge in [-0.1, -0.05) is 22.0 Å². The molecule has 1 aliphatic heterocycles.